The molecule has 1 N–H and O–H groups in total. The minimum absolute atomic E-state index is 0.139. The molecule has 0 atom stereocenters. The van der Waals surface area contributed by atoms with E-state index in [1.807, 2.05) is 25.2 Å². The Balaban J connectivity index is 1.68. The average molecular weight is 376 g/mol. The van der Waals surface area contributed by atoms with E-state index in [2.05, 4.69) is 10.4 Å². The first-order valence-electron chi connectivity index (χ1n) is 8.66. The van der Waals surface area contributed by atoms with Gasteiger partial charge in [-0.05, 0) is 38.3 Å². The average Bonchev–Trinajstić information content (AvgIpc) is 3.16. The Bertz CT molecular complexity index is 811. The number of rotatable bonds is 6. The number of aryl methyl sites for hydroxylation is 2. The van der Waals surface area contributed by atoms with E-state index in [4.69, 9.17) is 4.74 Å². The Morgan fingerprint density at radius 2 is 2.15 bits per heavy atom. The van der Waals surface area contributed by atoms with Crippen LogP contribution in [-0.2, 0) is 36.0 Å². The van der Waals surface area contributed by atoms with E-state index >= 15 is 0 Å². The summed E-state index contributed by atoms with van der Waals surface area (Å²) in [6.45, 7) is 0.865. The molecule has 2 heterocycles. The highest BCUT2D eigenvalue weighted by atomic mass is 32.1. The Morgan fingerprint density at radius 1 is 1.38 bits per heavy atom. The maximum absolute atomic E-state index is 12.5. The van der Waals surface area contributed by atoms with E-state index in [1.54, 1.807) is 10.9 Å². The lowest BCUT2D eigenvalue weighted by Crippen LogP contribution is -2.30. The topological polar surface area (TPSA) is 76.5 Å². The maximum Gasteiger partial charge on any atom is 0.341 e. The Morgan fingerprint density at radius 3 is 2.85 bits per heavy atom. The predicted octanol–water partition coefficient (Wildman–Crippen LogP) is 2.22. The van der Waals surface area contributed by atoms with Gasteiger partial charge in [-0.2, -0.15) is 5.10 Å². The second-order valence-electron chi connectivity index (χ2n) is 6.65. The van der Waals surface area contributed by atoms with Crippen LogP contribution in [0, 0.1) is 0 Å². The summed E-state index contributed by atoms with van der Waals surface area (Å²) in [4.78, 5) is 27.8. The summed E-state index contributed by atoms with van der Waals surface area (Å²) in [6.07, 6.45) is 7.73. The number of aromatic nitrogens is 2. The molecule has 0 saturated heterocycles. The lowest BCUT2D eigenvalue weighted by molar-refractivity contribution is -0.117. The number of hydrogen-bond donors (Lipinski definition) is 1. The van der Waals surface area contributed by atoms with Crippen molar-refractivity contribution in [1.82, 2.24) is 14.7 Å². The lowest BCUT2D eigenvalue weighted by atomic mass is 9.95. The van der Waals surface area contributed by atoms with Crippen molar-refractivity contribution < 1.29 is 14.3 Å². The third kappa shape index (κ3) is 4.13. The molecule has 0 aromatic carbocycles. The molecule has 7 nitrogen and oxygen atoms in total. The van der Waals surface area contributed by atoms with E-state index in [0.29, 0.717) is 17.1 Å². The number of hydrogen-bond acceptors (Lipinski definition) is 6. The molecule has 0 unspecified atom stereocenters. The van der Waals surface area contributed by atoms with Gasteiger partial charge >= 0.3 is 5.97 Å². The zero-order valence-corrected chi connectivity index (χ0v) is 16.2. The molecule has 2 aromatic rings. The fourth-order valence-electron chi connectivity index (χ4n) is 3.30. The van der Waals surface area contributed by atoms with E-state index in [-0.39, 0.29) is 18.4 Å². The summed E-state index contributed by atoms with van der Waals surface area (Å²) in [5, 5.41) is 7.67. The first kappa shape index (κ1) is 18.6. The number of carbonyl (C=O) groups is 2. The molecule has 1 amide bonds. The number of methoxy groups -OCH3 is 1. The third-order valence-corrected chi connectivity index (χ3v) is 5.65. The number of amides is 1. The molecular formula is C18H24N4O3S. The largest absolute Gasteiger partial charge is 0.465 e. The first-order chi connectivity index (χ1) is 12.5. The monoisotopic (exact) mass is 376 g/mol. The minimum Gasteiger partial charge on any atom is -0.465 e. The van der Waals surface area contributed by atoms with Crippen LogP contribution in [0.2, 0.25) is 0 Å². The molecule has 1 aliphatic carbocycles. The number of thiophene rings is 1. The molecule has 3 rings (SSSR count). The van der Waals surface area contributed by atoms with E-state index < -0.39 is 0 Å². The van der Waals surface area contributed by atoms with Gasteiger partial charge in [0.05, 0.1) is 25.4 Å². The zero-order valence-electron chi connectivity index (χ0n) is 15.4. The molecule has 0 aliphatic heterocycles. The Hall–Kier alpha value is -2.19. The van der Waals surface area contributed by atoms with Gasteiger partial charge in [-0.3, -0.25) is 14.4 Å². The van der Waals surface area contributed by atoms with Crippen LogP contribution in [0.3, 0.4) is 0 Å². The molecule has 0 spiro atoms. The number of nitrogens with one attached hydrogen (secondary N) is 1. The zero-order chi connectivity index (χ0) is 18.7. The molecule has 8 heteroatoms. The van der Waals surface area contributed by atoms with Gasteiger partial charge in [-0.25, -0.2) is 4.79 Å². The highest BCUT2D eigenvalue weighted by molar-refractivity contribution is 7.17. The van der Waals surface area contributed by atoms with Crippen LogP contribution in [0.5, 0.6) is 0 Å². The van der Waals surface area contributed by atoms with E-state index in [9.17, 15) is 9.59 Å². The van der Waals surface area contributed by atoms with Crippen LogP contribution in [0.4, 0.5) is 5.00 Å². The fraction of sp³-hybridized carbons (Fsp3) is 0.500. The third-order valence-electron chi connectivity index (χ3n) is 4.44. The SMILES string of the molecule is COC(=O)c1c(NC(=O)CN(C)Cc2cnn(C)c2)sc2c1CCCC2. The molecule has 2 aromatic heterocycles. The smallest absolute Gasteiger partial charge is 0.341 e. The number of ether oxygens (including phenoxy) is 1. The van der Waals surface area contributed by atoms with Crippen molar-refractivity contribution in [1.29, 1.82) is 0 Å². The number of likely N-dealkylation sites (N-methyl/N-ethyl adjacent to an activating group) is 1. The van der Waals surface area contributed by atoms with E-state index in [0.717, 1.165) is 36.8 Å². The van der Waals surface area contributed by atoms with Crippen LogP contribution in [0.15, 0.2) is 12.4 Å². The highest BCUT2D eigenvalue weighted by Crippen LogP contribution is 2.38. The number of carbonyl (C=O) groups excluding carboxylic acids is 2. The molecule has 26 heavy (non-hydrogen) atoms. The summed E-state index contributed by atoms with van der Waals surface area (Å²) >= 11 is 1.50. The van der Waals surface area contributed by atoms with Crippen LogP contribution < -0.4 is 5.32 Å². The highest BCUT2D eigenvalue weighted by Gasteiger charge is 2.27. The Labute approximate surface area is 156 Å². The first-order valence-corrected chi connectivity index (χ1v) is 9.48. The fourth-order valence-corrected chi connectivity index (χ4v) is 4.60. The molecule has 140 valence electrons. The second kappa shape index (κ2) is 8.01. The van der Waals surface area contributed by atoms with Crippen LogP contribution in [0.1, 0.15) is 39.2 Å². The molecule has 0 radical (unpaired) electrons. The van der Waals surface area contributed by atoms with Crippen LogP contribution in [-0.4, -0.2) is 47.3 Å². The molecule has 0 fully saturated rings. The van der Waals surface area contributed by atoms with Crippen molar-refractivity contribution in [3.05, 3.63) is 34.0 Å². The van der Waals surface area contributed by atoms with Crippen molar-refractivity contribution in [2.75, 3.05) is 26.0 Å². The summed E-state index contributed by atoms with van der Waals surface area (Å²) < 4.78 is 6.68. The van der Waals surface area contributed by atoms with Crippen molar-refractivity contribution in [2.45, 2.75) is 32.2 Å². The maximum atomic E-state index is 12.5. The van der Waals surface area contributed by atoms with Crippen molar-refractivity contribution in [3.8, 4) is 0 Å². The number of anilines is 1. The van der Waals surface area contributed by atoms with Gasteiger partial charge in [0.15, 0.2) is 0 Å². The summed E-state index contributed by atoms with van der Waals surface area (Å²) in [6, 6.07) is 0. The number of esters is 1. The van der Waals surface area contributed by atoms with Gasteiger partial charge in [-0.1, -0.05) is 0 Å². The number of nitrogens with zero attached hydrogens (tertiary/aromatic N) is 3. The van der Waals surface area contributed by atoms with Gasteiger partial charge in [0.25, 0.3) is 0 Å². The van der Waals surface area contributed by atoms with E-state index in [1.165, 1.54) is 23.3 Å². The van der Waals surface area contributed by atoms with Crippen molar-refractivity contribution in [3.63, 3.8) is 0 Å². The van der Waals surface area contributed by atoms with Gasteiger partial charge in [-0.15, -0.1) is 11.3 Å². The molecule has 0 bridgehead atoms. The normalized spacial score (nSPS) is 13.5. The van der Waals surface area contributed by atoms with Gasteiger partial charge in [0.1, 0.15) is 5.00 Å². The molecule has 1 aliphatic rings. The van der Waals surface area contributed by atoms with Crippen LogP contribution in [0.25, 0.3) is 0 Å². The Kier molecular flexibility index (Phi) is 5.73. The van der Waals surface area contributed by atoms with Gasteiger partial charge in [0, 0.05) is 30.2 Å². The predicted molar refractivity (Wildman–Crippen MR) is 100 cm³/mol. The quantitative estimate of drug-likeness (QED) is 0.783. The lowest BCUT2D eigenvalue weighted by Gasteiger charge is -2.15. The summed E-state index contributed by atoms with van der Waals surface area (Å²) in [5.41, 5.74) is 2.63. The summed E-state index contributed by atoms with van der Waals surface area (Å²) in [7, 11) is 5.12. The van der Waals surface area contributed by atoms with Crippen molar-refractivity contribution >= 4 is 28.2 Å². The van der Waals surface area contributed by atoms with Gasteiger partial charge < -0.3 is 10.1 Å². The van der Waals surface area contributed by atoms with Gasteiger partial charge in [0.2, 0.25) is 5.91 Å². The molecular weight excluding hydrogens is 352 g/mol. The molecule has 0 saturated carbocycles. The van der Waals surface area contributed by atoms with Crippen molar-refractivity contribution in [2.24, 2.45) is 7.05 Å². The standard InChI is InChI=1S/C18H24N4O3S/c1-21(9-12-8-19-22(2)10-12)11-15(23)20-17-16(18(24)25-3)13-6-4-5-7-14(13)26-17/h8,10H,4-7,9,11H2,1-3H3,(H,20,23). The summed E-state index contributed by atoms with van der Waals surface area (Å²) in [5.74, 6) is -0.511. The van der Waals surface area contributed by atoms with Crippen LogP contribution >= 0.6 is 11.3 Å². The second-order valence-corrected chi connectivity index (χ2v) is 7.75. The minimum atomic E-state index is -0.372. The number of fused-ring (bicyclic) bond motifs is 1.